The molecule has 0 saturated heterocycles. The molecular weight excluding hydrogens is 384 g/mol. The second-order valence-electron chi connectivity index (χ2n) is 6.06. The van der Waals surface area contributed by atoms with Gasteiger partial charge in [-0.05, 0) is 48.2 Å². The van der Waals surface area contributed by atoms with E-state index in [4.69, 9.17) is 4.74 Å². The quantitative estimate of drug-likeness (QED) is 0.476. The lowest BCUT2D eigenvalue weighted by Crippen LogP contribution is -2.21. The summed E-state index contributed by atoms with van der Waals surface area (Å²) in [6.07, 6.45) is 1.97. The Hall–Kier alpha value is -3.56. The number of benzene rings is 3. The minimum Gasteiger partial charge on any atom is -0.452 e. The number of esters is 1. The van der Waals surface area contributed by atoms with E-state index >= 15 is 0 Å². The molecule has 1 N–H and O–H groups in total. The summed E-state index contributed by atoms with van der Waals surface area (Å²) in [5, 5.41) is 12.0. The molecule has 0 bridgehead atoms. The summed E-state index contributed by atoms with van der Waals surface area (Å²) >= 11 is 1.61. The monoisotopic (exact) mass is 402 g/mol. The van der Waals surface area contributed by atoms with Gasteiger partial charge in [-0.15, -0.1) is 11.8 Å². The molecule has 0 fully saturated rings. The lowest BCUT2D eigenvalue weighted by atomic mass is 9.96. The summed E-state index contributed by atoms with van der Waals surface area (Å²) in [4.78, 5) is 25.8. The van der Waals surface area contributed by atoms with Gasteiger partial charge in [0.1, 0.15) is 0 Å². The standard InChI is InChI=1S/C23H18N2O3S/c1-29-18-12-10-17(11-13-18)25-22(26)15-28-23(27)21-9-5-4-8-20(21)19-7-3-2-6-16(19)14-24/h2-13H,15H2,1H3,(H,25,26). The van der Waals surface area contributed by atoms with E-state index in [-0.39, 0.29) is 0 Å². The van der Waals surface area contributed by atoms with E-state index in [0.717, 1.165) is 4.90 Å². The number of rotatable bonds is 6. The lowest BCUT2D eigenvalue weighted by Gasteiger charge is -2.11. The largest absolute Gasteiger partial charge is 0.452 e. The first-order chi connectivity index (χ1) is 14.1. The maximum absolute atomic E-state index is 12.6. The summed E-state index contributed by atoms with van der Waals surface area (Å²) in [5.74, 6) is -1.05. The zero-order valence-corrected chi connectivity index (χ0v) is 16.5. The minimum absolute atomic E-state index is 0.298. The first kappa shape index (κ1) is 20.2. The number of thioether (sulfide) groups is 1. The topological polar surface area (TPSA) is 79.2 Å². The summed E-state index contributed by atoms with van der Waals surface area (Å²) in [6, 6.07) is 23.4. The smallest absolute Gasteiger partial charge is 0.339 e. The summed E-state index contributed by atoms with van der Waals surface area (Å²) in [7, 11) is 0. The summed E-state index contributed by atoms with van der Waals surface area (Å²) < 4.78 is 5.20. The maximum Gasteiger partial charge on any atom is 0.339 e. The number of carbonyl (C=O) groups excluding carboxylic acids is 2. The molecular formula is C23H18N2O3S. The molecule has 0 unspecified atom stereocenters. The Balaban J connectivity index is 1.70. The molecule has 0 aliphatic rings. The van der Waals surface area contributed by atoms with Gasteiger partial charge in [-0.3, -0.25) is 4.79 Å². The third kappa shape index (κ3) is 5.03. The Morgan fingerprint density at radius 3 is 2.31 bits per heavy atom. The second kappa shape index (κ2) is 9.58. The van der Waals surface area contributed by atoms with Crippen LogP contribution in [0.15, 0.2) is 77.7 Å². The van der Waals surface area contributed by atoms with Gasteiger partial charge in [0, 0.05) is 16.1 Å². The van der Waals surface area contributed by atoms with Crippen molar-refractivity contribution in [2.75, 3.05) is 18.2 Å². The van der Waals surface area contributed by atoms with Crippen LogP contribution >= 0.6 is 11.8 Å². The zero-order valence-electron chi connectivity index (χ0n) is 15.7. The highest BCUT2D eigenvalue weighted by Crippen LogP contribution is 2.27. The molecule has 3 aromatic rings. The zero-order chi connectivity index (χ0) is 20.6. The van der Waals surface area contributed by atoms with Crippen molar-refractivity contribution in [2.24, 2.45) is 0 Å². The predicted molar refractivity (Wildman–Crippen MR) is 114 cm³/mol. The van der Waals surface area contributed by atoms with Gasteiger partial charge in [-0.25, -0.2) is 4.79 Å². The van der Waals surface area contributed by atoms with Crippen LogP contribution in [0.4, 0.5) is 5.69 Å². The number of hydrogen-bond acceptors (Lipinski definition) is 5. The fourth-order valence-electron chi connectivity index (χ4n) is 2.79. The van der Waals surface area contributed by atoms with Crippen LogP contribution in [0.3, 0.4) is 0 Å². The molecule has 0 heterocycles. The van der Waals surface area contributed by atoms with Crippen molar-refractivity contribution in [3.63, 3.8) is 0 Å². The first-order valence-corrected chi connectivity index (χ1v) is 10.0. The van der Waals surface area contributed by atoms with Crippen LogP contribution in [-0.4, -0.2) is 24.7 Å². The van der Waals surface area contributed by atoms with Gasteiger partial charge in [0.2, 0.25) is 0 Å². The van der Waals surface area contributed by atoms with Crippen LogP contribution in [0.2, 0.25) is 0 Å². The van der Waals surface area contributed by atoms with E-state index < -0.39 is 18.5 Å². The van der Waals surface area contributed by atoms with E-state index in [1.54, 1.807) is 72.4 Å². The van der Waals surface area contributed by atoms with E-state index in [1.165, 1.54) is 0 Å². The Kier molecular flexibility index (Phi) is 6.67. The Bertz CT molecular complexity index is 1070. The van der Waals surface area contributed by atoms with Gasteiger partial charge in [0.25, 0.3) is 5.91 Å². The van der Waals surface area contributed by atoms with Crippen LogP contribution in [-0.2, 0) is 9.53 Å². The second-order valence-corrected chi connectivity index (χ2v) is 6.94. The van der Waals surface area contributed by atoms with Crippen molar-refractivity contribution >= 4 is 29.3 Å². The Labute approximate surface area is 173 Å². The molecule has 1 amide bonds. The predicted octanol–water partition coefficient (Wildman–Crippen LogP) is 4.74. The number of ether oxygens (including phenoxy) is 1. The number of anilines is 1. The van der Waals surface area contributed by atoms with Gasteiger partial charge in [-0.1, -0.05) is 36.4 Å². The number of hydrogen-bond donors (Lipinski definition) is 1. The highest BCUT2D eigenvalue weighted by molar-refractivity contribution is 7.98. The molecule has 144 valence electrons. The van der Waals surface area contributed by atoms with Crippen LogP contribution in [0, 0.1) is 11.3 Å². The average Bonchev–Trinajstić information content (AvgIpc) is 2.78. The average molecular weight is 402 g/mol. The molecule has 3 rings (SSSR count). The van der Waals surface area contributed by atoms with Crippen molar-refractivity contribution in [3.05, 3.63) is 83.9 Å². The van der Waals surface area contributed by atoms with E-state index in [9.17, 15) is 14.9 Å². The van der Waals surface area contributed by atoms with Crippen molar-refractivity contribution in [3.8, 4) is 17.2 Å². The van der Waals surface area contributed by atoms with Crippen molar-refractivity contribution in [2.45, 2.75) is 4.90 Å². The number of carbonyl (C=O) groups is 2. The Morgan fingerprint density at radius 2 is 1.62 bits per heavy atom. The van der Waals surface area contributed by atoms with Crippen LogP contribution in [0.1, 0.15) is 15.9 Å². The van der Waals surface area contributed by atoms with Crippen molar-refractivity contribution in [1.82, 2.24) is 0 Å². The molecule has 6 heteroatoms. The van der Waals surface area contributed by atoms with Crippen molar-refractivity contribution < 1.29 is 14.3 Å². The van der Waals surface area contributed by atoms with E-state index in [0.29, 0.717) is 27.9 Å². The fraction of sp³-hybridized carbons (Fsp3) is 0.0870. The maximum atomic E-state index is 12.6. The molecule has 0 atom stereocenters. The number of amides is 1. The highest BCUT2D eigenvalue weighted by Gasteiger charge is 2.17. The summed E-state index contributed by atoms with van der Waals surface area (Å²) in [5.41, 5.74) is 2.61. The molecule has 0 aliphatic heterocycles. The highest BCUT2D eigenvalue weighted by atomic mass is 32.2. The third-order valence-electron chi connectivity index (χ3n) is 4.19. The van der Waals surface area contributed by atoms with Gasteiger partial charge in [-0.2, -0.15) is 5.26 Å². The number of nitrogens with zero attached hydrogens (tertiary/aromatic N) is 1. The van der Waals surface area contributed by atoms with Gasteiger partial charge in [0.15, 0.2) is 6.61 Å². The first-order valence-electron chi connectivity index (χ1n) is 8.82. The van der Waals surface area contributed by atoms with Gasteiger partial charge in [0.05, 0.1) is 17.2 Å². The van der Waals surface area contributed by atoms with Gasteiger partial charge < -0.3 is 10.1 Å². The normalized spacial score (nSPS) is 10.1. The van der Waals surface area contributed by atoms with E-state index in [2.05, 4.69) is 11.4 Å². The van der Waals surface area contributed by atoms with Gasteiger partial charge >= 0.3 is 5.97 Å². The van der Waals surface area contributed by atoms with Crippen LogP contribution in [0.5, 0.6) is 0 Å². The van der Waals surface area contributed by atoms with E-state index in [1.807, 2.05) is 18.4 Å². The number of nitrogens with one attached hydrogen (secondary N) is 1. The van der Waals surface area contributed by atoms with Crippen LogP contribution < -0.4 is 5.32 Å². The molecule has 29 heavy (non-hydrogen) atoms. The molecule has 0 aromatic heterocycles. The number of nitriles is 1. The summed E-state index contributed by atoms with van der Waals surface area (Å²) in [6.45, 7) is -0.405. The third-order valence-corrected chi connectivity index (χ3v) is 4.94. The SMILES string of the molecule is CSc1ccc(NC(=O)COC(=O)c2ccccc2-c2ccccc2C#N)cc1. The lowest BCUT2D eigenvalue weighted by molar-refractivity contribution is -0.119. The molecule has 0 saturated carbocycles. The molecule has 0 radical (unpaired) electrons. The minimum atomic E-state index is -0.624. The molecule has 0 aliphatic carbocycles. The van der Waals surface area contributed by atoms with Crippen LogP contribution in [0.25, 0.3) is 11.1 Å². The molecule has 0 spiro atoms. The molecule has 3 aromatic carbocycles. The Morgan fingerprint density at radius 1 is 0.966 bits per heavy atom. The fourth-order valence-corrected chi connectivity index (χ4v) is 3.20. The molecule has 5 nitrogen and oxygen atoms in total. The van der Waals surface area contributed by atoms with Crippen molar-refractivity contribution in [1.29, 1.82) is 5.26 Å².